The van der Waals surface area contributed by atoms with Crippen molar-refractivity contribution in [2.45, 2.75) is 4.90 Å². The van der Waals surface area contributed by atoms with Gasteiger partial charge in [-0.1, -0.05) is 17.7 Å². The van der Waals surface area contributed by atoms with Crippen LogP contribution in [0.2, 0.25) is 5.02 Å². The summed E-state index contributed by atoms with van der Waals surface area (Å²) in [5.74, 6) is -3.98. The molecule has 3 N–H and O–H groups in total. The molecule has 0 aliphatic heterocycles. The first-order valence-electron chi connectivity index (χ1n) is 5.43. The van der Waals surface area contributed by atoms with Gasteiger partial charge in [0.2, 0.25) is 0 Å². The fourth-order valence-corrected chi connectivity index (χ4v) is 3.39. The molecule has 0 heterocycles. The summed E-state index contributed by atoms with van der Waals surface area (Å²) in [6, 6.07) is 4.62. The Bertz CT molecular complexity index is 769. The molecule has 0 aliphatic carbocycles. The van der Waals surface area contributed by atoms with Crippen LogP contribution in [-0.4, -0.2) is 8.42 Å². The summed E-state index contributed by atoms with van der Waals surface area (Å²) in [6.45, 7) is 0. The summed E-state index contributed by atoms with van der Waals surface area (Å²) in [6.07, 6.45) is 0. The minimum atomic E-state index is -4.44. The van der Waals surface area contributed by atoms with Crippen molar-refractivity contribution >= 4 is 33.0 Å². The van der Waals surface area contributed by atoms with Gasteiger partial charge in [-0.3, -0.25) is 4.72 Å². The highest BCUT2D eigenvalue weighted by Crippen LogP contribution is 2.30. The Morgan fingerprint density at radius 1 is 1.10 bits per heavy atom. The van der Waals surface area contributed by atoms with Crippen molar-refractivity contribution in [1.29, 1.82) is 0 Å². The molecule has 4 nitrogen and oxygen atoms in total. The quantitative estimate of drug-likeness (QED) is 0.846. The number of benzene rings is 2. The van der Waals surface area contributed by atoms with Crippen molar-refractivity contribution < 1.29 is 21.6 Å². The van der Waals surface area contributed by atoms with E-state index in [1.807, 2.05) is 0 Å². The van der Waals surface area contributed by atoms with Crippen LogP contribution >= 0.6 is 11.6 Å². The summed E-state index contributed by atoms with van der Waals surface area (Å²) < 4.78 is 65.7. The molecule has 0 atom stereocenters. The van der Waals surface area contributed by atoms with Crippen molar-refractivity contribution in [3.63, 3.8) is 0 Å². The van der Waals surface area contributed by atoms with Gasteiger partial charge in [-0.2, -0.15) is 0 Å². The van der Waals surface area contributed by atoms with E-state index in [1.54, 1.807) is 4.72 Å². The third kappa shape index (κ3) is 3.06. The van der Waals surface area contributed by atoms with Gasteiger partial charge in [0.1, 0.15) is 16.4 Å². The lowest BCUT2D eigenvalue weighted by Crippen LogP contribution is -2.17. The summed E-state index contributed by atoms with van der Waals surface area (Å²) in [5, 5.41) is -0.217. The number of nitrogens with two attached hydrogens (primary N) is 1. The van der Waals surface area contributed by atoms with Crippen LogP contribution in [0.15, 0.2) is 35.2 Å². The number of sulfonamides is 1. The Morgan fingerprint density at radius 2 is 1.67 bits per heavy atom. The molecule has 0 amide bonds. The Labute approximate surface area is 123 Å². The van der Waals surface area contributed by atoms with E-state index < -0.39 is 38.1 Å². The average Bonchev–Trinajstić information content (AvgIpc) is 2.33. The highest BCUT2D eigenvalue weighted by molar-refractivity contribution is 7.93. The Balaban J connectivity index is 2.53. The Morgan fingerprint density at radius 3 is 2.19 bits per heavy atom. The number of nitrogen functional groups attached to an aromatic ring is 1. The number of hydrogen-bond acceptors (Lipinski definition) is 3. The van der Waals surface area contributed by atoms with Crippen LogP contribution in [-0.2, 0) is 10.0 Å². The van der Waals surface area contributed by atoms with Gasteiger partial charge in [0.15, 0.2) is 11.6 Å². The molecule has 112 valence electrons. The van der Waals surface area contributed by atoms with Gasteiger partial charge >= 0.3 is 0 Å². The van der Waals surface area contributed by atoms with Crippen molar-refractivity contribution in [2.75, 3.05) is 10.5 Å². The predicted octanol–water partition coefficient (Wildman–Crippen LogP) is 3.14. The normalized spacial score (nSPS) is 11.4. The highest BCUT2D eigenvalue weighted by Gasteiger charge is 2.24. The first-order valence-corrected chi connectivity index (χ1v) is 7.30. The van der Waals surface area contributed by atoms with E-state index in [2.05, 4.69) is 0 Å². The van der Waals surface area contributed by atoms with Crippen LogP contribution in [0.4, 0.5) is 24.5 Å². The lowest BCUT2D eigenvalue weighted by Gasteiger charge is -2.12. The average molecular weight is 337 g/mol. The van der Waals surface area contributed by atoms with E-state index in [-0.39, 0.29) is 10.7 Å². The Hall–Kier alpha value is -1.93. The van der Waals surface area contributed by atoms with Gasteiger partial charge in [0, 0.05) is 12.1 Å². The highest BCUT2D eigenvalue weighted by atomic mass is 35.5. The van der Waals surface area contributed by atoms with E-state index in [9.17, 15) is 21.6 Å². The zero-order valence-corrected chi connectivity index (χ0v) is 11.8. The molecule has 2 aromatic rings. The van der Waals surface area contributed by atoms with E-state index in [0.29, 0.717) is 12.1 Å². The SMILES string of the molecule is Nc1cccc(Cl)c1S(=O)(=O)Nc1c(F)cc(F)cc1F. The van der Waals surface area contributed by atoms with Gasteiger partial charge < -0.3 is 5.73 Å². The molecule has 0 saturated carbocycles. The van der Waals surface area contributed by atoms with Gasteiger partial charge in [-0.05, 0) is 12.1 Å². The predicted molar refractivity (Wildman–Crippen MR) is 73.0 cm³/mol. The minimum absolute atomic E-state index is 0.196. The molecule has 0 spiro atoms. The molecular formula is C12H8ClF3N2O2S. The van der Waals surface area contributed by atoms with Crippen molar-refractivity contribution in [3.05, 3.63) is 52.8 Å². The molecular weight excluding hydrogens is 329 g/mol. The van der Waals surface area contributed by atoms with E-state index in [0.717, 1.165) is 0 Å². The second-order valence-corrected chi connectivity index (χ2v) is 6.03. The molecule has 0 aliphatic rings. The number of rotatable bonds is 3. The first kappa shape index (κ1) is 15.5. The molecule has 0 radical (unpaired) electrons. The zero-order valence-electron chi connectivity index (χ0n) is 10.2. The van der Waals surface area contributed by atoms with Gasteiger partial charge in [-0.15, -0.1) is 0 Å². The summed E-state index contributed by atoms with van der Waals surface area (Å²) in [4.78, 5) is -0.519. The number of nitrogens with one attached hydrogen (secondary N) is 1. The first-order chi connectivity index (χ1) is 9.72. The van der Waals surface area contributed by atoms with Crippen molar-refractivity contribution in [1.82, 2.24) is 0 Å². The molecule has 2 aromatic carbocycles. The molecule has 0 unspecified atom stereocenters. The zero-order chi connectivity index (χ0) is 15.8. The molecule has 0 fully saturated rings. The van der Waals surface area contributed by atoms with Crippen molar-refractivity contribution in [3.8, 4) is 0 Å². The molecule has 21 heavy (non-hydrogen) atoms. The van der Waals surface area contributed by atoms with E-state index in [4.69, 9.17) is 17.3 Å². The topological polar surface area (TPSA) is 72.2 Å². The van der Waals surface area contributed by atoms with Crippen LogP contribution in [0.3, 0.4) is 0 Å². The van der Waals surface area contributed by atoms with Crippen molar-refractivity contribution in [2.24, 2.45) is 0 Å². The number of anilines is 2. The van der Waals surface area contributed by atoms with E-state index >= 15 is 0 Å². The molecule has 0 bridgehead atoms. The summed E-state index contributed by atoms with van der Waals surface area (Å²) >= 11 is 5.74. The van der Waals surface area contributed by atoms with Crippen LogP contribution in [0, 0.1) is 17.5 Å². The summed E-state index contributed by atoms with van der Waals surface area (Å²) in [7, 11) is -4.44. The standard InChI is InChI=1S/C12H8ClF3N2O2S/c13-7-2-1-3-10(17)12(7)21(19,20)18-11-8(15)4-6(14)5-9(11)16/h1-5,18H,17H2. The minimum Gasteiger partial charge on any atom is -0.398 e. The maximum absolute atomic E-state index is 13.5. The Kier molecular flexibility index (Phi) is 4.02. The summed E-state index contributed by atoms with van der Waals surface area (Å²) in [5.41, 5.74) is 4.30. The fourth-order valence-electron chi connectivity index (χ4n) is 1.63. The molecule has 0 saturated heterocycles. The molecule has 2 rings (SSSR count). The number of hydrogen-bond donors (Lipinski definition) is 2. The van der Waals surface area contributed by atoms with Gasteiger partial charge in [-0.25, -0.2) is 21.6 Å². The van der Waals surface area contributed by atoms with Gasteiger partial charge in [0.25, 0.3) is 10.0 Å². The maximum atomic E-state index is 13.5. The lowest BCUT2D eigenvalue weighted by atomic mass is 10.3. The van der Waals surface area contributed by atoms with Gasteiger partial charge in [0.05, 0.1) is 10.7 Å². The molecule has 9 heteroatoms. The maximum Gasteiger partial charge on any atom is 0.265 e. The second-order valence-electron chi connectivity index (χ2n) is 4.01. The van der Waals surface area contributed by atoms with Crippen LogP contribution < -0.4 is 10.5 Å². The lowest BCUT2D eigenvalue weighted by molar-refractivity contribution is 0.547. The number of halogens is 4. The van der Waals surface area contributed by atoms with Crippen LogP contribution in [0.5, 0.6) is 0 Å². The largest absolute Gasteiger partial charge is 0.398 e. The fraction of sp³-hybridized carbons (Fsp3) is 0. The van der Waals surface area contributed by atoms with Crippen LogP contribution in [0.25, 0.3) is 0 Å². The van der Waals surface area contributed by atoms with Crippen LogP contribution in [0.1, 0.15) is 0 Å². The third-order valence-corrected chi connectivity index (χ3v) is 4.40. The second kappa shape index (κ2) is 5.45. The smallest absolute Gasteiger partial charge is 0.265 e. The monoisotopic (exact) mass is 336 g/mol. The van der Waals surface area contributed by atoms with E-state index in [1.165, 1.54) is 18.2 Å². The molecule has 0 aromatic heterocycles. The third-order valence-electron chi connectivity index (χ3n) is 2.51.